The Morgan fingerprint density at radius 2 is 1.50 bits per heavy atom. The van der Waals surface area contributed by atoms with Crippen molar-refractivity contribution in [3.63, 3.8) is 0 Å². The number of carbonyl (C=O) groups is 3. The molecular formula is C22H28N4O4. The molecule has 2 aromatic rings. The average Bonchev–Trinajstić information content (AvgIpc) is 2.71. The first-order valence-corrected chi connectivity index (χ1v) is 9.46. The van der Waals surface area contributed by atoms with E-state index in [1.807, 2.05) is 31.2 Å². The van der Waals surface area contributed by atoms with Crippen LogP contribution in [-0.2, 0) is 21.0 Å². The van der Waals surface area contributed by atoms with Gasteiger partial charge in [-0.05, 0) is 45.4 Å². The standard InChI is InChI=1S/C22H28N4O4/c1-16-11-13-17(14-12-16)15-24(23)20(28)21(29)25(22(2,3)4)26(30-5)19(27)18-9-7-6-8-10-18/h6-14H,15,23H2,1-5H3. The molecule has 0 radical (unpaired) electrons. The van der Waals surface area contributed by atoms with Gasteiger partial charge in [0.05, 0.1) is 19.2 Å². The smallest absolute Gasteiger partial charge is 0.268 e. The monoisotopic (exact) mass is 412 g/mol. The van der Waals surface area contributed by atoms with Gasteiger partial charge in [-0.2, -0.15) is 0 Å². The summed E-state index contributed by atoms with van der Waals surface area (Å²) in [6.45, 7) is 7.04. The third kappa shape index (κ3) is 5.43. The summed E-state index contributed by atoms with van der Waals surface area (Å²) in [5.74, 6) is 3.36. The van der Waals surface area contributed by atoms with Gasteiger partial charge in [0.15, 0.2) is 0 Å². The maximum absolute atomic E-state index is 13.1. The fourth-order valence-electron chi connectivity index (χ4n) is 2.78. The van der Waals surface area contributed by atoms with Crippen molar-refractivity contribution in [3.8, 4) is 0 Å². The van der Waals surface area contributed by atoms with Gasteiger partial charge in [-0.1, -0.05) is 48.0 Å². The lowest BCUT2D eigenvalue weighted by molar-refractivity contribution is -0.247. The topological polar surface area (TPSA) is 96.2 Å². The van der Waals surface area contributed by atoms with E-state index in [-0.39, 0.29) is 6.54 Å². The summed E-state index contributed by atoms with van der Waals surface area (Å²) in [5, 5.41) is 2.58. The number of rotatable bonds is 4. The molecule has 0 aliphatic rings. The summed E-state index contributed by atoms with van der Waals surface area (Å²) >= 11 is 0. The Bertz CT molecular complexity index is 892. The highest BCUT2D eigenvalue weighted by Crippen LogP contribution is 2.20. The molecule has 30 heavy (non-hydrogen) atoms. The van der Waals surface area contributed by atoms with Gasteiger partial charge >= 0.3 is 11.8 Å². The Hall–Kier alpha value is -3.23. The van der Waals surface area contributed by atoms with E-state index in [1.54, 1.807) is 51.1 Å². The quantitative estimate of drug-likeness (QED) is 0.360. The molecule has 0 saturated carbocycles. The zero-order valence-electron chi connectivity index (χ0n) is 18.0. The van der Waals surface area contributed by atoms with E-state index < -0.39 is 23.3 Å². The summed E-state index contributed by atoms with van der Waals surface area (Å²) in [6, 6.07) is 15.8. The number of hydrogen-bond donors (Lipinski definition) is 1. The fourth-order valence-corrected chi connectivity index (χ4v) is 2.78. The summed E-state index contributed by atoms with van der Waals surface area (Å²) in [4.78, 5) is 44.0. The largest absolute Gasteiger partial charge is 0.334 e. The minimum absolute atomic E-state index is 0.0441. The fraction of sp³-hybridized carbons (Fsp3) is 0.318. The molecule has 0 spiro atoms. The summed E-state index contributed by atoms with van der Waals surface area (Å²) in [7, 11) is 1.25. The van der Waals surface area contributed by atoms with Crippen LogP contribution in [0.4, 0.5) is 0 Å². The zero-order valence-corrected chi connectivity index (χ0v) is 18.0. The molecule has 2 rings (SSSR count). The van der Waals surface area contributed by atoms with Crippen LogP contribution < -0.4 is 5.84 Å². The van der Waals surface area contributed by atoms with Crippen LogP contribution in [0.25, 0.3) is 0 Å². The van der Waals surface area contributed by atoms with Gasteiger partial charge in [0.1, 0.15) is 0 Å². The maximum atomic E-state index is 13.1. The number of hydroxylamine groups is 1. The van der Waals surface area contributed by atoms with Gasteiger partial charge in [0.25, 0.3) is 5.91 Å². The van der Waals surface area contributed by atoms with E-state index in [4.69, 9.17) is 10.7 Å². The van der Waals surface area contributed by atoms with Crippen LogP contribution in [0.2, 0.25) is 0 Å². The van der Waals surface area contributed by atoms with Gasteiger partial charge in [0, 0.05) is 5.56 Å². The number of carbonyl (C=O) groups excluding carboxylic acids is 3. The van der Waals surface area contributed by atoms with Crippen molar-refractivity contribution < 1.29 is 19.2 Å². The summed E-state index contributed by atoms with van der Waals surface area (Å²) < 4.78 is 0. The van der Waals surface area contributed by atoms with E-state index in [0.717, 1.165) is 26.3 Å². The molecule has 0 bridgehead atoms. The first kappa shape index (κ1) is 23.1. The van der Waals surface area contributed by atoms with Crippen molar-refractivity contribution >= 4 is 17.7 Å². The second-order valence-electron chi connectivity index (χ2n) is 7.83. The predicted molar refractivity (Wildman–Crippen MR) is 112 cm³/mol. The number of aryl methyl sites for hydroxylation is 1. The van der Waals surface area contributed by atoms with Crippen molar-refractivity contribution in [2.45, 2.75) is 39.8 Å². The van der Waals surface area contributed by atoms with E-state index in [2.05, 4.69) is 0 Å². The molecule has 0 saturated heterocycles. The molecule has 3 amide bonds. The van der Waals surface area contributed by atoms with E-state index in [9.17, 15) is 14.4 Å². The first-order valence-electron chi connectivity index (χ1n) is 9.46. The van der Waals surface area contributed by atoms with E-state index in [1.165, 1.54) is 7.11 Å². The molecule has 2 aromatic carbocycles. The minimum Gasteiger partial charge on any atom is -0.268 e. The van der Waals surface area contributed by atoms with Crippen molar-refractivity contribution in [2.24, 2.45) is 5.84 Å². The zero-order chi connectivity index (χ0) is 22.5. The minimum atomic E-state index is -0.983. The lowest BCUT2D eigenvalue weighted by Crippen LogP contribution is -2.61. The molecular weight excluding hydrogens is 384 g/mol. The number of hydrazine groups is 2. The van der Waals surface area contributed by atoms with Crippen molar-refractivity contribution in [3.05, 3.63) is 71.3 Å². The maximum Gasteiger partial charge on any atom is 0.334 e. The Morgan fingerprint density at radius 1 is 0.933 bits per heavy atom. The van der Waals surface area contributed by atoms with Gasteiger partial charge in [-0.3, -0.25) is 24.2 Å². The van der Waals surface area contributed by atoms with Crippen LogP contribution in [0.5, 0.6) is 0 Å². The van der Waals surface area contributed by atoms with E-state index in [0.29, 0.717) is 5.56 Å². The van der Waals surface area contributed by atoms with Crippen LogP contribution in [0.15, 0.2) is 54.6 Å². The third-order valence-electron chi connectivity index (χ3n) is 4.29. The molecule has 8 heteroatoms. The normalized spacial score (nSPS) is 11.0. The molecule has 160 valence electrons. The Kier molecular flexibility index (Phi) is 7.31. The molecule has 0 fully saturated rings. The molecule has 0 aromatic heterocycles. The average molecular weight is 412 g/mol. The Balaban J connectivity index is 2.28. The van der Waals surface area contributed by atoms with Crippen LogP contribution in [0.3, 0.4) is 0 Å². The highest BCUT2D eigenvalue weighted by atomic mass is 16.7. The Labute approximate surface area is 176 Å². The molecule has 0 unspecified atom stereocenters. The second-order valence-corrected chi connectivity index (χ2v) is 7.83. The molecule has 0 aliphatic carbocycles. The molecule has 8 nitrogen and oxygen atoms in total. The number of nitrogens with zero attached hydrogens (tertiary/aromatic N) is 3. The lowest BCUT2D eigenvalue weighted by Gasteiger charge is -2.41. The van der Waals surface area contributed by atoms with Gasteiger partial charge in [-0.25, -0.2) is 10.9 Å². The number of hydrogen-bond acceptors (Lipinski definition) is 5. The van der Waals surface area contributed by atoms with Gasteiger partial charge in [0.2, 0.25) is 0 Å². The van der Waals surface area contributed by atoms with Crippen LogP contribution in [0.1, 0.15) is 42.3 Å². The summed E-state index contributed by atoms with van der Waals surface area (Å²) in [5.41, 5.74) is 1.20. The van der Waals surface area contributed by atoms with Crippen molar-refractivity contribution in [1.29, 1.82) is 0 Å². The molecule has 0 heterocycles. The predicted octanol–water partition coefficient (Wildman–Crippen LogP) is 2.44. The highest BCUT2D eigenvalue weighted by Gasteiger charge is 2.40. The van der Waals surface area contributed by atoms with Crippen molar-refractivity contribution in [2.75, 3.05) is 7.11 Å². The number of amides is 3. The number of benzene rings is 2. The first-order chi connectivity index (χ1) is 14.1. The van der Waals surface area contributed by atoms with Gasteiger partial charge < -0.3 is 0 Å². The SMILES string of the molecule is CON(C(=O)c1ccccc1)N(C(=O)C(=O)N(N)Cc1ccc(C)cc1)C(C)(C)C. The number of nitrogens with two attached hydrogens (primary N) is 1. The summed E-state index contributed by atoms with van der Waals surface area (Å²) in [6.07, 6.45) is 0. The van der Waals surface area contributed by atoms with Crippen LogP contribution in [0, 0.1) is 6.92 Å². The second kappa shape index (κ2) is 9.51. The third-order valence-corrected chi connectivity index (χ3v) is 4.29. The lowest BCUT2D eigenvalue weighted by atomic mass is 10.1. The van der Waals surface area contributed by atoms with Crippen LogP contribution >= 0.6 is 0 Å². The van der Waals surface area contributed by atoms with E-state index >= 15 is 0 Å². The van der Waals surface area contributed by atoms with Crippen LogP contribution in [-0.4, -0.2) is 45.6 Å². The molecule has 2 N–H and O–H groups in total. The van der Waals surface area contributed by atoms with Gasteiger partial charge in [-0.15, -0.1) is 5.17 Å². The van der Waals surface area contributed by atoms with Crippen molar-refractivity contribution in [1.82, 2.24) is 15.2 Å². The molecule has 0 aliphatic heterocycles. The highest BCUT2D eigenvalue weighted by molar-refractivity contribution is 6.35. The Morgan fingerprint density at radius 3 is 2.00 bits per heavy atom. The molecule has 0 atom stereocenters.